The SMILES string of the molecule is CCCOCCC(CC)(CC)CNC. The molecule has 0 unspecified atom stereocenters. The van der Waals surface area contributed by atoms with Gasteiger partial charge >= 0.3 is 0 Å². The second-order valence-corrected chi connectivity index (χ2v) is 4.10. The lowest BCUT2D eigenvalue weighted by molar-refractivity contribution is 0.0892. The molecule has 0 bridgehead atoms. The molecule has 0 amide bonds. The van der Waals surface area contributed by atoms with Gasteiger partial charge < -0.3 is 10.1 Å². The van der Waals surface area contributed by atoms with Gasteiger partial charge in [-0.15, -0.1) is 0 Å². The number of nitrogens with one attached hydrogen (secondary N) is 1. The van der Waals surface area contributed by atoms with Gasteiger partial charge in [-0.25, -0.2) is 0 Å². The van der Waals surface area contributed by atoms with E-state index in [0.717, 1.165) is 26.2 Å². The van der Waals surface area contributed by atoms with Crippen molar-refractivity contribution >= 4 is 0 Å². The Balaban J connectivity index is 3.82. The summed E-state index contributed by atoms with van der Waals surface area (Å²) in [6.07, 6.45) is 4.78. The quantitative estimate of drug-likeness (QED) is 0.579. The van der Waals surface area contributed by atoms with Gasteiger partial charge in [0, 0.05) is 19.8 Å². The number of hydrogen-bond donors (Lipinski definition) is 1. The summed E-state index contributed by atoms with van der Waals surface area (Å²) in [5.74, 6) is 0. The van der Waals surface area contributed by atoms with Gasteiger partial charge in [-0.2, -0.15) is 0 Å². The van der Waals surface area contributed by atoms with E-state index in [9.17, 15) is 0 Å². The lowest BCUT2D eigenvalue weighted by Gasteiger charge is -2.31. The summed E-state index contributed by atoms with van der Waals surface area (Å²) >= 11 is 0. The van der Waals surface area contributed by atoms with E-state index in [2.05, 4.69) is 26.1 Å². The second-order valence-electron chi connectivity index (χ2n) is 4.10. The van der Waals surface area contributed by atoms with Crippen LogP contribution in [0.1, 0.15) is 46.5 Å². The maximum Gasteiger partial charge on any atom is 0.0471 e. The zero-order chi connectivity index (χ0) is 10.9. The Kier molecular flexibility index (Phi) is 8.20. The molecule has 0 aliphatic heterocycles. The molecule has 0 saturated heterocycles. The zero-order valence-electron chi connectivity index (χ0n) is 10.4. The van der Waals surface area contributed by atoms with Crippen molar-refractivity contribution in [3.05, 3.63) is 0 Å². The molecule has 0 aromatic rings. The van der Waals surface area contributed by atoms with Crippen LogP contribution in [0, 0.1) is 5.41 Å². The molecule has 86 valence electrons. The van der Waals surface area contributed by atoms with Crippen LogP contribution < -0.4 is 5.32 Å². The molecule has 2 nitrogen and oxygen atoms in total. The molecule has 14 heavy (non-hydrogen) atoms. The molecule has 1 N–H and O–H groups in total. The summed E-state index contributed by atoms with van der Waals surface area (Å²) in [4.78, 5) is 0. The molecule has 0 heterocycles. The van der Waals surface area contributed by atoms with Gasteiger partial charge in [-0.05, 0) is 38.1 Å². The van der Waals surface area contributed by atoms with E-state index >= 15 is 0 Å². The standard InChI is InChI=1S/C12H27NO/c1-5-9-14-10-8-12(6-2,7-3)11-13-4/h13H,5-11H2,1-4H3. The predicted molar refractivity (Wildman–Crippen MR) is 62.7 cm³/mol. The topological polar surface area (TPSA) is 21.3 Å². The fourth-order valence-electron chi connectivity index (χ4n) is 1.85. The minimum absolute atomic E-state index is 0.447. The van der Waals surface area contributed by atoms with Crippen LogP contribution >= 0.6 is 0 Å². The van der Waals surface area contributed by atoms with Crippen LogP contribution in [0.2, 0.25) is 0 Å². The van der Waals surface area contributed by atoms with Crippen LogP contribution in [0.4, 0.5) is 0 Å². The van der Waals surface area contributed by atoms with Crippen LogP contribution in [0.3, 0.4) is 0 Å². The Bertz CT molecular complexity index is 121. The van der Waals surface area contributed by atoms with Crippen LogP contribution in [0.15, 0.2) is 0 Å². The predicted octanol–water partition coefficient (Wildman–Crippen LogP) is 2.83. The molecule has 0 atom stereocenters. The Morgan fingerprint density at radius 1 is 1.07 bits per heavy atom. The molecular weight excluding hydrogens is 174 g/mol. The molecule has 0 aliphatic rings. The highest BCUT2D eigenvalue weighted by molar-refractivity contribution is 4.78. The van der Waals surface area contributed by atoms with Gasteiger partial charge in [0.15, 0.2) is 0 Å². The van der Waals surface area contributed by atoms with E-state index in [-0.39, 0.29) is 0 Å². The largest absolute Gasteiger partial charge is 0.381 e. The van der Waals surface area contributed by atoms with E-state index in [1.54, 1.807) is 0 Å². The summed E-state index contributed by atoms with van der Waals surface area (Å²) in [6.45, 7) is 9.64. The molecule has 0 spiro atoms. The van der Waals surface area contributed by atoms with Gasteiger partial charge in [0.05, 0.1) is 0 Å². The minimum atomic E-state index is 0.447. The summed E-state index contributed by atoms with van der Waals surface area (Å²) in [5, 5.41) is 3.30. The van der Waals surface area contributed by atoms with Crippen molar-refractivity contribution in [1.82, 2.24) is 5.32 Å². The first kappa shape index (κ1) is 13.9. The second kappa shape index (κ2) is 8.25. The highest BCUT2D eigenvalue weighted by atomic mass is 16.5. The van der Waals surface area contributed by atoms with Gasteiger partial charge in [-0.3, -0.25) is 0 Å². The third-order valence-corrected chi connectivity index (χ3v) is 3.18. The summed E-state index contributed by atoms with van der Waals surface area (Å²) < 4.78 is 5.56. The first-order valence-electron chi connectivity index (χ1n) is 5.97. The Morgan fingerprint density at radius 2 is 1.71 bits per heavy atom. The summed E-state index contributed by atoms with van der Waals surface area (Å²) in [6, 6.07) is 0. The third kappa shape index (κ3) is 4.97. The van der Waals surface area contributed by atoms with Crippen molar-refractivity contribution in [2.45, 2.75) is 46.5 Å². The van der Waals surface area contributed by atoms with Crippen molar-refractivity contribution < 1.29 is 4.74 Å². The average molecular weight is 201 g/mol. The molecule has 0 rings (SSSR count). The molecular formula is C12H27NO. The number of ether oxygens (including phenoxy) is 1. The van der Waals surface area contributed by atoms with Crippen molar-refractivity contribution in [3.8, 4) is 0 Å². The lowest BCUT2D eigenvalue weighted by atomic mass is 9.79. The molecule has 0 aromatic carbocycles. The Morgan fingerprint density at radius 3 is 2.14 bits per heavy atom. The van der Waals surface area contributed by atoms with Crippen molar-refractivity contribution in [1.29, 1.82) is 0 Å². The zero-order valence-corrected chi connectivity index (χ0v) is 10.4. The lowest BCUT2D eigenvalue weighted by Crippen LogP contribution is -2.32. The van der Waals surface area contributed by atoms with Crippen molar-refractivity contribution in [2.24, 2.45) is 5.41 Å². The van der Waals surface area contributed by atoms with E-state index in [1.165, 1.54) is 19.3 Å². The van der Waals surface area contributed by atoms with E-state index in [0.29, 0.717) is 5.41 Å². The van der Waals surface area contributed by atoms with Crippen LogP contribution in [0.25, 0.3) is 0 Å². The molecule has 0 aliphatic carbocycles. The van der Waals surface area contributed by atoms with Gasteiger partial charge in [0.25, 0.3) is 0 Å². The molecule has 0 saturated carbocycles. The highest BCUT2D eigenvalue weighted by Crippen LogP contribution is 2.29. The van der Waals surface area contributed by atoms with Gasteiger partial charge in [0.2, 0.25) is 0 Å². The molecule has 0 aromatic heterocycles. The maximum absolute atomic E-state index is 5.56. The Labute approximate surface area is 89.4 Å². The minimum Gasteiger partial charge on any atom is -0.381 e. The van der Waals surface area contributed by atoms with Crippen LogP contribution in [-0.4, -0.2) is 26.8 Å². The summed E-state index contributed by atoms with van der Waals surface area (Å²) in [5.41, 5.74) is 0.447. The molecule has 0 fully saturated rings. The fraction of sp³-hybridized carbons (Fsp3) is 1.00. The Hall–Kier alpha value is -0.0800. The summed E-state index contributed by atoms with van der Waals surface area (Å²) in [7, 11) is 2.03. The van der Waals surface area contributed by atoms with Gasteiger partial charge in [0.1, 0.15) is 0 Å². The normalized spacial score (nSPS) is 12.0. The number of rotatable bonds is 9. The van der Waals surface area contributed by atoms with Crippen molar-refractivity contribution in [2.75, 3.05) is 26.8 Å². The maximum atomic E-state index is 5.56. The molecule has 0 radical (unpaired) electrons. The smallest absolute Gasteiger partial charge is 0.0471 e. The first-order valence-corrected chi connectivity index (χ1v) is 5.97. The third-order valence-electron chi connectivity index (χ3n) is 3.18. The van der Waals surface area contributed by atoms with E-state index < -0.39 is 0 Å². The number of hydrogen-bond acceptors (Lipinski definition) is 2. The van der Waals surface area contributed by atoms with E-state index in [4.69, 9.17) is 4.74 Å². The highest BCUT2D eigenvalue weighted by Gasteiger charge is 2.24. The van der Waals surface area contributed by atoms with Crippen LogP contribution in [-0.2, 0) is 4.74 Å². The molecule has 2 heteroatoms. The van der Waals surface area contributed by atoms with Crippen LogP contribution in [0.5, 0.6) is 0 Å². The average Bonchev–Trinajstić information content (AvgIpc) is 2.23. The fourth-order valence-corrected chi connectivity index (χ4v) is 1.85. The van der Waals surface area contributed by atoms with Crippen molar-refractivity contribution in [3.63, 3.8) is 0 Å². The van der Waals surface area contributed by atoms with Gasteiger partial charge in [-0.1, -0.05) is 20.8 Å². The monoisotopic (exact) mass is 201 g/mol. The first-order chi connectivity index (χ1) is 6.74. The van der Waals surface area contributed by atoms with E-state index in [1.807, 2.05) is 7.05 Å².